The average molecular weight is 1020 g/mol. The minimum absolute atomic E-state index is 0.537. The molecule has 0 aliphatic carbocycles. The van der Waals surface area contributed by atoms with Gasteiger partial charge in [-0.3, -0.25) is 14.0 Å². The van der Waals surface area contributed by atoms with Crippen LogP contribution in [-0.2, 0) is 0 Å². The SMILES string of the molecule is c1ccc([Si]2(c3ccccc3)c3ccccc3N(c3nc(-n4c5ccccc5c5ccccc54)nc(-n4c5ccccc5c5ccccc54)n3)c3cc4sc5cc6c7ccccc7c7ccccc7c6cc5c4cc32)cc1. The molecule has 0 spiro atoms. The number of benzene rings is 12. The van der Waals surface area contributed by atoms with Crippen LogP contribution >= 0.6 is 11.3 Å². The predicted octanol–water partition coefficient (Wildman–Crippen LogP) is 15.1. The lowest BCUT2D eigenvalue weighted by Gasteiger charge is -2.44. The van der Waals surface area contributed by atoms with Gasteiger partial charge in [-0.25, -0.2) is 0 Å². The highest BCUT2D eigenvalue weighted by Crippen LogP contribution is 2.46. The van der Waals surface area contributed by atoms with E-state index in [9.17, 15) is 0 Å². The van der Waals surface area contributed by atoms with Crippen LogP contribution in [0.1, 0.15) is 0 Å². The molecule has 1 aliphatic rings. The summed E-state index contributed by atoms with van der Waals surface area (Å²) in [6.45, 7) is 0. The molecule has 0 fully saturated rings. The van der Waals surface area contributed by atoms with Gasteiger partial charge in [0.2, 0.25) is 17.8 Å². The van der Waals surface area contributed by atoms with Crippen molar-refractivity contribution in [3.05, 3.63) is 255 Å². The molecule has 0 unspecified atom stereocenters. The van der Waals surface area contributed by atoms with Crippen molar-refractivity contribution in [3.8, 4) is 11.9 Å². The smallest absolute Gasteiger partial charge is 0.241 e. The van der Waals surface area contributed by atoms with Crippen LogP contribution < -0.4 is 25.6 Å². The lowest BCUT2D eigenvalue weighted by Crippen LogP contribution is -2.77. The van der Waals surface area contributed by atoms with Crippen LogP contribution in [0.15, 0.2) is 255 Å². The molecule has 17 rings (SSSR count). The van der Waals surface area contributed by atoms with E-state index in [1.165, 1.54) is 73.2 Å². The molecule has 5 heterocycles. The minimum atomic E-state index is -3.16. The van der Waals surface area contributed by atoms with Crippen molar-refractivity contribution in [2.75, 3.05) is 4.90 Å². The molecule has 6 nitrogen and oxygen atoms in total. The normalized spacial score (nSPS) is 13.3. The first-order valence-corrected chi connectivity index (χ1v) is 29.0. The van der Waals surface area contributed by atoms with Crippen LogP contribution in [0.4, 0.5) is 17.3 Å². The molecular formula is C69H42N6SSi. The zero-order valence-electron chi connectivity index (χ0n) is 41.3. The Labute approximate surface area is 446 Å². The summed E-state index contributed by atoms with van der Waals surface area (Å²) in [6.07, 6.45) is 0. The molecule has 0 saturated carbocycles. The third-order valence-corrected chi connectivity index (χ3v) is 22.4. The van der Waals surface area contributed by atoms with E-state index >= 15 is 0 Å². The molecule has 358 valence electrons. The van der Waals surface area contributed by atoms with E-state index in [1.807, 2.05) is 11.3 Å². The van der Waals surface area contributed by atoms with E-state index in [-0.39, 0.29) is 0 Å². The van der Waals surface area contributed by atoms with Gasteiger partial charge >= 0.3 is 0 Å². The first-order chi connectivity index (χ1) is 38.2. The summed E-state index contributed by atoms with van der Waals surface area (Å²) in [5, 5.41) is 19.9. The topological polar surface area (TPSA) is 51.8 Å². The van der Waals surface area contributed by atoms with Crippen molar-refractivity contribution < 1.29 is 0 Å². The fourth-order valence-corrected chi connectivity index (χ4v) is 19.5. The summed E-state index contributed by atoms with van der Waals surface area (Å²) in [5.74, 6) is 1.62. The summed E-state index contributed by atoms with van der Waals surface area (Å²) in [5.41, 5.74) is 6.22. The third kappa shape index (κ3) is 5.91. The predicted molar refractivity (Wildman–Crippen MR) is 326 cm³/mol. The first kappa shape index (κ1) is 42.6. The van der Waals surface area contributed by atoms with Crippen LogP contribution in [0, 0.1) is 0 Å². The van der Waals surface area contributed by atoms with Gasteiger partial charge in [0.05, 0.1) is 27.8 Å². The van der Waals surface area contributed by atoms with Gasteiger partial charge in [0, 0.05) is 47.4 Å². The summed E-state index contributed by atoms with van der Waals surface area (Å²) < 4.78 is 6.91. The summed E-state index contributed by atoms with van der Waals surface area (Å²) >= 11 is 1.87. The lowest BCUT2D eigenvalue weighted by atomic mass is 9.93. The van der Waals surface area contributed by atoms with E-state index in [0.717, 1.165) is 55.0 Å². The number of rotatable bonds is 5. The lowest BCUT2D eigenvalue weighted by molar-refractivity contribution is 0.879. The van der Waals surface area contributed by atoms with Crippen LogP contribution in [0.5, 0.6) is 0 Å². The summed E-state index contributed by atoms with van der Waals surface area (Å²) in [6, 6.07) is 93.7. The second-order valence-electron chi connectivity index (χ2n) is 20.3. The minimum Gasteiger partial charge on any atom is -0.279 e. The highest BCUT2D eigenvalue weighted by molar-refractivity contribution is 7.26. The quantitative estimate of drug-likeness (QED) is 0.127. The zero-order valence-corrected chi connectivity index (χ0v) is 43.2. The van der Waals surface area contributed by atoms with Gasteiger partial charge in [-0.15, -0.1) is 11.3 Å². The van der Waals surface area contributed by atoms with Crippen LogP contribution in [0.2, 0.25) is 0 Å². The fourth-order valence-electron chi connectivity index (χ4n) is 13.3. The molecule has 0 saturated heterocycles. The fraction of sp³-hybridized carbons (Fsp3) is 0. The molecule has 1 aliphatic heterocycles. The molecule has 0 bridgehead atoms. The van der Waals surface area contributed by atoms with Crippen LogP contribution in [-0.4, -0.2) is 32.2 Å². The molecule has 0 radical (unpaired) electrons. The Bertz CT molecular complexity index is 4860. The largest absolute Gasteiger partial charge is 0.279 e. The maximum Gasteiger partial charge on any atom is 0.241 e. The molecule has 8 heteroatoms. The second-order valence-corrected chi connectivity index (χ2v) is 25.1. The molecule has 77 heavy (non-hydrogen) atoms. The van der Waals surface area contributed by atoms with E-state index in [2.05, 4.69) is 269 Å². The second kappa shape index (κ2) is 16.1. The Morgan fingerprint density at radius 1 is 0.273 bits per heavy atom. The van der Waals surface area contributed by atoms with Gasteiger partial charge in [-0.1, -0.05) is 206 Å². The molecule has 0 amide bonds. The number of nitrogens with zero attached hydrogens (tertiary/aromatic N) is 6. The molecule has 0 N–H and O–H groups in total. The monoisotopic (exact) mass is 1010 g/mol. The number of hydrogen-bond acceptors (Lipinski definition) is 5. The van der Waals surface area contributed by atoms with E-state index in [0.29, 0.717) is 17.8 Å². The van der Waals surface area contributed by atoms with Crippen molar-refractivity contribution in [1.82, 2.24) is 24.1 Å². The standard InChI is InChI=1S/C69H42N6SSi/c1-3-21-43(22-4-1)77(44-23-5-2-6-24-44)65-38-20-19-37-61(65)75(62-42-64-56(41-66(62)77)55-39-53-47-27-9-7-25-45(47)46-26-8-10-28-48(46)54(53)40-63(55)76-64)69-71-67(73-57-33-15-11-29-49(57)50-30-12-16-34-58(50)73)70-68(72-69)74-59-35-17-13-31-51(59)52-32-14-18-36-60(52)74/h1-42H. The zero-order chi connectivity index (χ0) is 50.3. The number of anilines is 3. The Morgan fingerprint density at radius 3 is 1.16 bits per heavy atom. The van der Waals surface area contributed by atoms with Crippen LogP contribution in [0.25, 0.3) is 108 Å². The highest BCUT2D eigenvalue weighted by atomic mass is 32.1. The number of aromatic nitrogens is 5. The van der Waals surface area contributed by atoms with Crippen molar-refractivity contribution in [3.63, 3.8) is 0 Å². The van der Waals surface area contributed by atoms with Crippen molar-refractivity contribution >= 4 is 154 Å². The van der Waals surface area contributed by atoms with Gasteiger partial charge in [0.1, 0.15) is 0 Å². The Hall–Kier alpha value is -9.73. The van der Waals surface area contributed by atoms with Crippen molar-refractivity contribution in [2.24, 2.45) is 0 Å². The van der Waals surface area contributed by atoms with E-state index < -0.39 is 8.07 Å². The average Bonchev–Trinajstić information content (AvgIpc) is 4.30. The Morgan fingerprint density at radius 2 is 0.649 bits per heavy atom. The number of thiophene rings is 1. The Kier molecular flexibility index (Phi) is 8.93. The Balaban J connectivity index is 1.03. The number of fused-ring (bicyclic) bond motifs is 17. The van der Waals surface area contributed by atoms with Crippen molar-refractivity contribution in [1.29, 1.82) is 0 Å². The third-order valence-electron chi connectivity index (χ3n) is 16.4. The van der Waals surface area contributed by atoms with Gasteiger partial charge in [0.15, 0.2) is 8.07 Å². The van der Waals surface area contributed by atoms with Gasteiger partial charge < -0.3 is 0 Å². The summed E-state index contributed by atoms with van der Waals surface area (Å²) in [4.78, 5) is 19.4. The maximum atomic E-state index is 5.75. The van der Waals surface area contributed by atoms with Crippen molar-refractivity contribution in [2.45, 2.75) is 0 Å². The molecule has 0 atom stereocenters. The number of hydrogen-bond donors (Lipinski definition) is 0. The first-order valence-electron chi connectivity index (χ1n) is 26.2. The molecule has 4 aromatic heterocycles. The molecular weight excluding hydrogens is 973 g/mol. The molecule has 16 aromatic rings. The highest BCUT2D eigenvalue weighted by Gasteiger charge is 2.50. The maximum absolute atomic E-state index is 5.75. The van der Waals surface area contributed by atoms with Gasteiger partial charge in [0.25, 0.3) is 0 Å². The van der Waals surface area contributed by atoms with E-state index in [4.69, 9.17) is 15.0 Å². The van der Waals surface area contributed by atoms with Crippen LogP contribution in [0.3, 0.4) is 0 Å². The molecule has 12 aromatic carbocycles. The van der Waals surface area contributed by atoms with Gasteiger partial charge in [-0.05, 0) is 102 Å². The van der Waals surface area contributed by atoms with E-state index in [1.54, 1.807) is 0 Å². The summed E-state index contributed by atoms with van der Waals surface area (Å²) in [7, 11) is -3.16. The van der Waals surface area contributed by atoms with Gasteiger partial charge in [-0.2, -0.15) is 15.0 Å². The number of para-hydroxylation sites is 5.